The molecule has 0 unspecified atom stereocenters. The van der Waals surface area contributed by atoms with E-state index < -0.39 is 0 Å². The molecule has 19 heavy (non-hydrogen) atoms. The van der Waals surface area contributed by atoms with Crippen LogP contribution in [0.4, 0.5) is 5.13 Å². The summed E-state index contributed by atoms with van der Waals surface area (Å²) in [5, 5.41) is 7.17. The Morgan fingerprint density at radius 2 is 2.26 bits per heavy atom. The van der Waals surface area contributed by atoms with Gasteiger partial charge in [-0.25, -0.2) is 4.98 Å². The minimum absolute atomic E-state index is 0.0536. The van der Waals surface area contributed by atoms with Crippen LogP contribution in [0, 0.1) is 0 Å². The summed E-state index contributed by atoms with van der Waals surface area (Å²) in [4.78, 5) is 16.1. The second-order valence-corrected chi connectivity index (χ2v) is 5.52. The number of anilines is 1. The molecule has 0 aliphatic heterocycles. The van der Waals surface area contributed by atoms with Crippen LogP contribution in [0.1, 0.15) is 24.0 Å². The lowest BCUT2D eigenvalue weighted by Gasteiger charge is -2.01. The Bertz CT molecular complexity index is 605. The number of nitrogens with zero attached hydrogens (tertiary/aromatic N) is 3. The van der Waals surface area contributed by atoms with Crippen molar-refractivity contribution in [1.29, 1.82) is 0 Å². The Morgan fingerprint density at radius 3 is 2.79 bits per heavy atom. The Kier molecular flexibility index (Phi) is 4.21. The summed E-state index contributed by atoms with van der Waals surface area (Å²) in [5.74, 6) is 0.0536. The third kappa shape index (κ3) is 3.13. The molecule has 7 heteroatoms. The molecule has 0 radical (unpaired) electrons. The molecule has 0 aliphatic carbocycles. The molecule has 0 spiro atoms. The summed E-state index contributed by atoms with van der Waals surface area (Å²) in [6.07, 6.45) is 1.29. The molecule has 0 fully saturated rings. The van der Waals surface area contributed by atoms with Crippen molar-refractivity contribution in [2.75, 3.05) is 5.73 Å². The molecule has 2 rings (SSSR count). The first-order valence-electron chi connectivity index (χ1n) is 5.93. The molecule has 2 N–H and O–H groups in total. The van der Waals surface area contributed by atoms with Gasteiger partial charge in [-0.2, -0.15) is 5.10 Å². The number of nitrogens with two attached hydrogens (primary N) is 1. The Hall–Kier alpha value is -1.40. The summed E-state index contributed by atoms with van der Waals surface area (Å²) in [5.41, 5.74) is 7.83. The molecule has 0 saturated heterocycles. The standard InChI is InChI=1S/C12H15ClN4OS/c1-3-9-11(13)10(17(2)16-9)5-8(18)4-7-6-19-12(14)15-7/h6H,3-5H2,1-2H3,(H2,14,15). The van der Waals surface area contributed by atoms with E-state index in [0.29, 0.717) is 15.8 Å². The van der Waals surface area contributed by atoms with Crippen LogP contribution in [-0.2, 0) is 31.1 Å². The van der Waals surface area contributed by atoms with Crippen LogP contribution in [0.3, 0.4) is 0 Å². The predicted octanol–water partition coefficient (Wildman–Crippen LogP) is 2.03. The SMILES string of the molecule is CCc1nn(C)c(CC(=O)Cc2csc(N)n2)c1Cl. The highest BCUT2D eigenvalue weighted by atomic mass is 35.5. The second kappa shape index (κ2) is 5.71. The van der Waals surface area contributed by atoms with Gasteiger partial charge in [0.2, 0.25) is 0 Å². The van der Waals surface area contributed by atoms with Gasteiger partial charge in [-0.1, -0.05) is 18.5 Å². The number of thiazole rings is 1. The third-order valence-corrected chi connectivity index (χ3v) is 3.97. The number of aryl methyl sites for hydroxylation is 2. The molecule has 2 heterocycles. The maximum atomic E-state index is 12.0. The van der Waals surface area contributed by atoms with Crippen molar-refractivity contribution < 1.29 is 4.79 Å². The van der Waals surface area contributed by atoms with Crippen molar-refractivity contribution >= 4 is 33.9 Å². The van der Waals surface area contributed by atoms with E-state index in [1.54, 1.807) is 17.1 Å². The van der Waals surface area contributed by atoms with Crippen molar-refractivity contribution in [3.63, 3.8) is 0 Å². The minimum atomic E-state index is 0.0536. The van der Waals surface area contributed by atoms with E-state index in [1.165, 1.54) is 11.3 Å². The third-order valence-electron chi connectivity index (χ3n) is 2.82. The summed E-state index contributed by atoms with van der Waals surface area (Å²) in [7, 11) is 1.80. The average molecular weight is 299 g/mol. The number of hydrogen-bond donors (Lipinski definition) is 1. The van der Waals surface area contributed by atoms with E-state index >= 15 is 0 Å². The maximum absolute atomic E-state index is 12.0. The molecule has 0 aliphatic rings. The number of ketones is 1. The van der Waals surface area contributed by atoms with Crippen molar-refractivity contribution in [1.82, 2.24) is 14.8 Å². The van der Waals surface area contributed by atoms with Crippen LogP contribution in [0.15, 0.2) is 5.38 Å². The van der Waals surface area contributed by atoms with Gasteiger partial charge in [-0.05, 0) is 6.42 Å². The highest BCUT2D eigenvalue weighted by Crippen LogP contribution is 2.22. The van der Waals surface area contributed by atoms with Gasteiger partial charge in [-0.3, -0.25) is 9.48 Å². The van der Waals surface area contributed by atoms with Crippen molar-refractivity contribution in [2.24, 2.45) is 7.05 Å². The molecule has 0 saturated carbocycles. The first-order valence-corrected chi connectivity index (χ1v) is 7.18. The van der Waals surface area contributed by atoms with Crippen LogP contribution in [0.2, 0.25) is 5.02 Å². The Morgan fingerprint density at radius 1 is 1.53 bits per heavy atom. The van der Waals surface area contributed by atoms with E-state index in [1.807, 2.05) is 6.92 Å². The van der Waals surface area contributed by atoms with E-state index in [0.717, 1.165) is 17.8 Å². The van der Waals surface area contributed by atoms with Gasteiger partial charge in [0.05, 0.1) is 34.9 Å². The monoisotopic (exact) mass is 298 g/mol. The van der Waals surface area contributed by atoms with E-state index in [-0.39, 0.29) is 18.6 Å². The number of carbonyl (C=O) groups is 1. The lowest BCUT2D eigenvalue weighted by atomic mass is 10.1. The van der Waals surface area contributed by atoms with Crippen LogP contribution in [0.5, 0.6) is 0 Å². The fraction of sp³-hybridized carbons (Fsp3) is 0.417. The van der Waals surface area contributed by atoms with Crippen molar-refractivity contribution in [2.45, 2.75) is 26.2 Å². The van der Waals surface area contributed by atoms with Crippen molar-refractivity contribution in [3.8, 4) is 0 Å². The molecular weight excluding hydrogens is 284 g/mol. The fourth-order valence-electron chi connectivity index (χ4n) is 1.87. The van der Waals surface area contributed by atoms with Gasteiger partial charge in [0, 0.05) is 12.4 Å². The Labute approximate surface area is 120 Å². The zero-order valence-electron chi connectivity index (χ0n) is 10.8. The Balaban J connectivity index is 2.09. The van der Waals surface area contributed by atoms with Gasteiger partial charge < -0.3 is 5.73 Å². The number of hydrogen-bond acceptors (Lipinski definition) is 5. The molecule has 2 aromatic heterocycles. The molecule has 0 aromatic carbocycles. The lowest BCUT2D eigenvalue weighted by Crippen LogP contribution is -2.10. The number of aromatic nitrogens is 3. The molecule has 2 aromatic rings. The molecule has 0 bridgehead atoms. The molecule has 5 nitrogen and oxygen atoms in total. The molecule has 0 atom stereocenters. The number of halogens is 1. The van der Waals surface area contributed by atoms with Crippen molar-refractivity contribution in [3.05, 3.63) is 27.5 Å². The summed E-state index contributed by atoms with van der Waals surface area (Å²) < 4.78 is 1.68. The largest absolute Gasteiger partial charge is 0.375 e. The first kappa shape index (κ1) is 14.0. The summed E-state index contributed by atoms with van der Waals surface area (Å²) >= 11 is 7.55. The highest BCUT2D eigenvalue weighted by Gasteiger charge is 2.17. The van der Waals surface area contributed by atoms with Gasteiger partial charge in [0.1, 0.15) is 5.78 Å². The number of rotatable bonds is 5. The number of nitrogen functional groups attached to an aromatic ring is 1. The van der Waals surface area contributed by atoms with Crippen LogP contribution in [-0.4, -0.2) is 20.5 Å². The van der Waals surface area contributed by atoms with Gasteiger partial charge in [0.15, 0.2) is 5.13 Å². The molecular formula is C12H15ClN4OS. The zero-order valence-corrected chi connectivity index (χ0v) is 12.4. The molecule has 102 valence electrons. The minimum Gasteiger partial charge on any atom is -0.375 e. The highest BCUT2D eigenvalue weighted by molar-refractivity contribution is 7.13. The smallest absolute Gasteiger partial charge is 0.180 e. The van der Waals surface area contributed by atoms with E-state index in [9.17, 15) is 4.79 Å². The van der Waals surface area contributed by atoms with Gasteiger partial charge >= 0.3 is 0 Å². The second-order valence-electron chi connectivity index (χ2n) is 4.25. The zero-order chi connectivity index (χ0) is 14.0. The van der Waals surface area contributed by atoms with E-state index in [2.05, 4.69) is 10.1 Å². The van der Waals surface area contributed by atoms with E-state index in [4.69, 9.17) is 17.3 Å². The maximum Gasteiger partial charge on any atom is 0.180 e. The van der Waals surface area contributed by atoms with Gasteiger partial charge in [-0.15, -0.1) is 11.3 Å². The lowest BCUT2D eigenvalue weighted by molar-refractivity contribution is -0.117. The number of carbonyl (C=O) groups excluding carboxylic acids is 1. The van der Waals surface area contributed by atoms with Crippen LogP contribution >= 0.6 is 22.9 Å². The number of Topliss-reactive ketones (excluding diaryl/α,β-unsaturated/α-hetero) is 1. The molecule has 0 amide bonds. The van der Waals surface area contributed by atoms with Crippen LogP contribution in [0.25, 0.3) is 0 Å². The first-order chi connectivity index (χ1) is 9.01. The predicted molar refractivity (Wildman–Crippen MR) is 76.5 cm³/mol. The van der Waals surface area contributed by atoms with Gasteiger partial charge in [0.25, 0.3) is 0 Å². The average Bonchev–Trinajstić information content (AvgIpc) is 2.87. The fourth-order valence-corrected chi connectivity index (χ4v) is 2.79. The summed E-state index contributed by atoms with van der Waals surface area (Å²) in [6, 6.07) is 0. The summed E-state index contributed by atoms with van der Waals surface area (Å²) in [6.45, 7) is 1.98. The normalized spacial score (nSPS) is 10.9. The topological polar surface area (TPSA) is 73.8 Å². The quantitative estimate of drug-likeness (QED) is 0.916. The van der Waals surface area contributed by atoms with Crippen LogP contribution < -0.4 is 5.73 Å².